The minimum Gasteiger partial charge on any atom is -0.491 e. The zero-order valence-electron chi connectivity index (χ0n) is 11.0. The summed E-state index contributed by atoms with van der Waals surface area (Å²) in [5, 5.41) is 0. The largest absolute Gasteiger partial charge is 0.491 e. The molecule has 0 aliphatic carbocycles. The van der Waals surface area contributed by atoms with Crippen molar-refractivity contribution < 1.29 is 13.9 Å². The predicted molar refractivity (Wildman–Crippen MR) is 71.4 cm³/mol. The van der Waals surface area contributed by atoms with Gasteiger partial charge in [0.15, 0.2) is 0 Å². The van der Waals surface area contributed by atoms with E-state index >= 15 is 0 Å². The number of halogens is 1. The Kier molecular flexibility index (Phi) is 3.05. The molecule has 0 atom stereocenters. The molecule has 0 radical (unpaired) electrons. The quantitative estimate of drug-likeness (QED) is 0.779. The van der Waals surface area contributed by atoms with Crippen LogP contribution in [0.5, 0.6) is 5.75 Å². The molecule has 5 heteroatoms. The lowest BCUT2D eigenvalue weighted by atomic mass is 10.2. The molecule has 2 aliphatic heterocycles. The van der Waals surface area contributed by atoms with Crippen LogP contribution >= 0.6 is 0 Å². The zero-order chi connectivity index (χ0) is 13.4. The summed E-state index contributed by atoms with van der Waals surface area (Å²) in [6, 6.07) is 3.14. The molecular weight excluding hydrogens is 247 g/mol. The second-order valence-corrected chi connectivity index (χ2v) is 5.02. The van der Waals surface area contributed by atoms with Gasteiger partial charge in [0.25, 0.3) is 0 Å². The van der Waals surface area contributed by atoms with Gasteiger partial charge in [0.2, 0.25) is 5.91 Å². The lowest BCUT2D eigenvalue weighted by Gasteiger charge is -2.23. The third-order valence-corrected chi connectivity index (χ3v) is 3.78. The number of hydrogen-bond acceptors (Lipinski definition) is 3. The second kappa shape index (κ2) is 4.72. The number of benzene rings is 1. The summed E-state index contributed by atoms with van der Waals surface area (Å²) in [5.74, 6) is 0.176. The third-order valence-electron chi connectivity index (χ3n) is 3.78. The first-order valence-electron chi connectivity index (χ1n) is 6.64. The minimum absolute atomic E-state index is 0.00210. The Hall–Kier alpha value is -1.78. The molecule has 0 bridgehead atoms. The SMILES string of the molecule is CN1C(=O)CCOc2cc(F)c(N3CCCC3)cc21. The topological polar surface area (TPSA) is 32.8 Å². The Morgan fingerprint density at radius 1 is 1.21 bits per heavy atom. The molecule has 1 amide bonds. The molecule has 3 rings (SSSR count). The normalized spacial score (nSPS) is 19.2. The molecule has 102 valence electrons. The van der Waals surface area contributed by atoms with Gasteiger partial charge in [-0.1, -0.05) is 0 Å². The van der Waals surface area contributed by atoms with Crippen LogP contribution in [0.15, 0.2) is 12.1 Å². The first-order chi connectivity index (χ1) is 9.16. The highest BCUT2D eigenvalue weighted by Crippen LogP contribution is 2.37. The molecule has 0 aromatic heterocycles. The molecular formula is C14H17FN2O2. The van der Waals surface area contributed by atoms with E-state index < -0.39 is 0 Å². The van der Waals surface area contributed by atoms with Crippen LogP contribution in [0.25, 0.3) is 0 Å². The number of hydrogen-bond donors (Lipinski definition) is 0. The number of amides is 1. The first kappa shape index (κ1) is 12.3. The second-order valence-electron chi connectivity index (χ2n) is 5.02. The highest BCUT2D eigenvalue weighted by molar-refractivity contribution is 5.95. The van der Waals surface area contributed by atoms with Crippen molar-refractivity contribution in [2.75, 3.05) is 36.5 Å². The standard InChI is InChI=1S/C14H17FN2O2/c1-16-12-9-11(17-5-2-3-6-17)10(15)8-13(12)19-7-4-14(16)18/h8-9H,2-7H2,1H3. The van der Waals surface area contributed by atoms with Crippen molar-refractivity contribution in [1.82, 2.24) is 0 Å². The van der Waals surface area contributed by atoms with E-state index in [1.165, 1.54) is 6.07 Å². The van der Waals surface area contributed by atoms with Crippen LogP contribution < -0.4 is 14.5 Å². The average molecular weight is 264 g/mol. The van der Waals surface area contributed by atoms with Gasteiger partial charge in [0.05, 0.1) is 24.4 Å². The Labute approximate surface area is 111 Å². The van der Waals surface area contributed by atoms with Gasteiger partial charge in [-0.15, -0.1) is 0 Å². The van der Waals surface area contributed by atoms with E-state index in [4.69, 9.17) is 4.74 Å². The molecule has 2 aliphatic rings. The number of carbonyl (C=O) groups is 1. The van der Waals surface area contributed by atoms with Crippen molar-refractivity contribution >= 4 is 17.3 Å². The first-order valence-corrected chi connectivity index (χ1v) is 6.64. The van der Waals surface area contributed by atoms with Crippen molar-refractivity contribution in [3.05, 3.63) is 17.9 Å². The number of rotatable bonds is 1. The Morgan fingerprint density at radius 2 is 1.95 bits per heavy atom. The number of ether oxygens (including phenoxy) is 1. The summed E-state index contributed by atoms with van der Waals surface area (Å²) < 4.78 is 19.6. The van der Waals surface area contributed by atoms with Gasteiger partial charge in [-0.3, -0.25) is 4.79 Å². The maximum absolute atomic E-state index is 14.2. The van der Waals surface area contributed by atoms with Crippen LogP contribution in [0.3, 0.4) is 0 Å². The lowest BCUT2D eigenvalue weighted by molar-refractivity contribution is -0.118. The number of anilines is 2. The van der Waals surface area contributed by atoms with Gasteiger partial charge in [0.1, 0.15) is 11.6 Å². The maximum atomic E-state index is 14.2. The highest BCUT2D eigenvalue weighted by Gasteiger charge is 2.24. The van der Waals surface area contributed by atoms with Crippen LogP contribution in [0.1, 0.15) is 19.3 Å². The van der Waals surface area contributed by atoms with Crippen molar-refractivity contribution in [2.24, 2.45) is 0 Å². The fourth-order valence-corrected chi connectivity index (χ4v) is 2.66. The van der Waals surface area contributed by atoms with Crippen molar-refractivity contribution in [2.45, 2.75) is 19.3 Å². The van der Waals surface area contributed by atoms with Crippen molar-refractivity contribution in [3.8, 4) is 5.75 Å². The van der Waals surface area contributed by atoms with Gasteiger partial charge in [-0.2, -0.15) is 0 Å². The smallest absolute Gasteiger partial charge is 0.230 e. The van der Waals surface area contributed by atoms with Crippen LogP contribution in [-0.2, 0) is 4.79 Å². The zero-order valence-corrected chi connectivity index (χ0v) is 11.0. The molecule has 0 N–H and O–H groups in total. The van der Waals surface area contributed by atoms with Crippen LogP contribution in [0.4, 0.5) is 15.8 Å². The molecule has 4 nitrogen and oxygen atoms in total. The molecule has 19 heavy (non-hydrogen) atoms. The minimum atomic E-state index is -0.275. The summed E-state index contributed by atoms with van der Waals surface area (Å²) in [7, 11) is 1.71. The molecule has 1 saturated heterocycles. The third kappa shape index (κ3) is 2.13. The number of nitrogens with zero attached hydrogens (tertiary/aromatic N) is 2. The summed E-state index contributed by atoms with van der Waals surface area (Å²) in [5.41, 5.74) is 1.23. The maximum Gasteiger partial charge on any atom is 0.230 e. The van der Waals surface area contributed by atoms with Gasteiger partial charge in [0, 0.05) is 26.2 Å². The summed E-state index contributed by atoms with van der Waals surface area (Å²) in [4.78, 5) is 15.4. The van der Waals surface area contributed by atoms with E-state index in [1.807, 2.05) is 4.90 Å². The van der Waals surface area contributed by atoms with Crippen LogP contribution in [-0.4, -0.2) is 32.7 Å². The van der Waals surface area contributed by atoms with Crippen LogP contribution in [0.2, 0.25) is 0 Å². The summed E-state index contributed by atoms with van der Waals surface area (Å²) in [6.45, 7) is 2.04. The molecule has 2 heterocycles. The lowest BCUT2D eigenvalue weighted by Crippen LogP contribution is -2.26. The molecule has 1 fully saturated rings. The molecule has 0 unspecified atom stereocenters. The van der Waals surface area contributed by atoms with Crippen molar-refractivity contribution in [3.63, 3.8) is 0 Å². The monoisotopic (exact) mass is 264 g/mol. The highest BCUT2D eigenvalue weighted by atomic mass is 19.1. The molecule has 1 aromatic rings. The number of fused-ring (bicyclic) bond motifs is 1. The molecule has 1 aromatic carbocycles. The average Bonchev–Trinajstić information content (AvgIpc) is 2.87. The fraction of sp³-hybridized carbons (Fsp3) is 0.500. The summed E-state index contributed by atoms with van der Waals surface area (Å²) >= 11 is 0. The molecule has 0 saturated carbocycles. The predicted octanol–water partition coefficient (Wildman–Crippen LogP) is 2.17. The van der Waals surface area contributed by atoms with Gasteiger partial charge < -0.3 is 14.5 Å². The summed E-state index contributed by atoms with van der Waals surface area (Å²) in [6.07, 6.45) is 2.50. The van der Waals surface area contributed by atoms with Crippen molar-refractivity contribution in [1.29, 1.82) is 0 Å². The van der Waals surface area contributed by atoms with E-state index in [1.54, 1.807) is 18.0 Å². The van der Waals surface area contributed by atoms with Crippen LogP contribution in [0, 0.1) is 5.82 Å². The Morgan fingerprint density at radius 3 is 2.68 bits per heavy atom. The number of carbonyl (C=O) groups excluding carboxylic acids is 1. The van der Waals surface area contributed by atoms with Gasteiger partial charge in [-0.25, -0.2) is 4.39 Å². The van der Waals surface area contributed by atoms with E-state index in [2.05, 4.69) is 0 Å². The van der Waals surface area contributed by atoms with Gasteiger partial charge in [-0.05, 0) is 18.9 Å². The van der Waals surface area contributed by atoms with E-state index in [9.17, 15) is 9.18 Å². The van der Waals surface area contributed by atoms with Gasteiger partial charge >= 0.3 is 0 Å². The Balaban J connectivity index is 2.04. The van der Waals surface area contributed by atoms with E-state index in [0.717, 1.165) is 25.9 Å². The van der Waals surface area contributed by atoms with E-state index in [0.29, 0.717) is 30.2 Å². The van der Waals surface area contributed by atoms with E-state index in [-0.39, 0.29) is 11.7 Å². The fourth-order valence-electron chi connectivity index (χ4n) is 2.66. The molecule has 0 spiro atoms. The Bertz CT molecular complexity index is 512.